The third kappa shape index (κ3) is 5.19. The summed E-state index contributed by atoms with van der Waals surface area (Å²) in [5, 5.41) is 14.1. The third-order valence-electron chi connectivity index (χ3n) is 12.8. The number of para-hydroxylation sites is 1. The topological polar surface area (TPSA) is 56.7 Å². The van der Waals surface area contributed by atoms with Gasteiger partial charge in [-0.1, -0.05) is 152 Å². The Balaban J connectivity index is 0.993. The van der Waals surface area contributed by atoms with Gasteiger partial charge in [-0.2, -0.15) is 0 Å². The zero-order chi connectivity index (χ0) is 41.2. The molecule has 0 spiro atoms. The van der Waals surface area contributed by atoms with E-state index in [9.17, 15) is 0 Å². The van der Waals surface area contributed by atoms with Gasteiger partial charge in [0.05, 0.1) is 16.7 Å². The summed E-state index contributed by atoms with van der Waals surface area (Å²) in [5.41, 5.74) is 7.79. The van der Waals surface area contributed by atoms with Crippen molar-refractivity contribution in [2.45, 2.75) is 0 Å². The minimum atomic E-state index is 0.618. The van der Waals surface area contributed by atoms with E-state index < -0.39 is 0 Å². The number of benzene rings is 10. The molecule has 0 bridgehead atoms. The van der Waals surface area contributed by atoms with Gasteiger partial charge in [-0.3, -0.25) is 0 Å². The fraction of sp³-hybridized carbons (Fsp3) is 0. The van der Waals surface area contributed by atoms with E-state index in [0.717, 1.165) is 60.6 Å². The van der Waals surface area contributed by atoms with Crippen LogP contribution in [-0.4, -0.2) is 19.5 Å². The van der Waals surface area contributed by atoms with E-state index in [1.54, 1.807) is 11.3 Å². The second-order valence-corrected chi connectivity index (χ2v) is 17.4. The molecular formula is C57H32N4OS. The second kappa shape index (κ2) is 13.2. The van der Waals surface area contributed by atoms with Gasteiger partial charge in [0.25, 0.3) is 0 Å². The van der Waals surface area contributed by atoms with Gasteiger partial charge in [-0.15, -0.1) is 11.3 Å². The molecule has 5 nitrogen and oxygen atoms in total. The third-order valence-corrected chi connectivity index (χ3v) is 13.9. The van der Waals surface area contributed by atoms with Gasteiger partial charge in [-0.25, -0.2) is 15.0 Å². The first-order valence-corrected chi connectivity index (χ1v) is 22.0. The summed E-state index contributed by atoms with van der Waals surface area (Å²) in [5.74, 6) is 1.89. The lowest BCUT2D eigenvalue weighted by Crippen LogP contribution is -2.00. The van der Waals surface area contributed by atoms with Gasteiger partial charge in [0.2, 0.25) is 0 Å². The average Bonchev–Trinajstić information content (AvgIpc) is 4.03. The molecule has 0 aliphatic rings. The predicted molar refractivity (Wildman–Crippen MR) is 263 cm³/mol. The zero-order valence-electron chi connectivity index (χ0n) is 33.6. The van der Waals surface area contributed by atoms with Crippen LogP contribution < -0.4 is 0 Å². The molecule has 0 aliphatic heterocycles. The molecule has 0 saturated carbocycles. The molecule has 4 heterocycles. The molecule has 0 N–H and O–H groups in total. The Bertz CT molecular complexity index is 4220. The number of nitrogens with zero attached hydrogens (tertiary/aromatic N) is 4. The molecule has 10 aromatic carbocycles. The van der Waals surface area contributed by atoms with Crippen molar-refractivity contribution in [3.8, 4) is 39.9 Å². The fourth-order valence-corrected chi connectivity index (χ4v) is 11.0. The van der Waals surface area contributed by atoms with Crippen LogP contribution in [0.3, 0.4) is 0 Å². The van der Waals surface area contributed by atoms with Gasteiger partial charge in [0, 0.05) is 63.8 Å². The van der Waals surface area contributed by atoms with Crippen molar-refractivity contribution in [2.24, 2.45) is 0 Å². The molecule has 0 aliphatic carbocycles. The van der Waals surface area contributed by atoms with Crippen molar-refractivity contribution < 1.29 is 4.42 Å². The van der Waals surface area contributed by atoms with Crippen LogP contribution in [0.2, 0.25) is 0 Å². The predicted octanol–water partition coefficient (Wildman–Crippen LogP) is 15.7. The normalized spacial score (nSPS) is 12.1. The maximum atomic E-state index is 7.01. The first kappa shape index (κ1) is 34.5. The van der Waals surface area contributed by atoms with Gasteiger partial charge < -0.3 is 8.98 Å². The largest absolute Gasteiger partial charge is 0.454 e. The molecular weight excluding hydrogens is 789 g/mol. The van der Waals surface area contributed by atoms with Crippen molar-refractivity contribution in [1.82, 2.24) is 19.5 Å². The minimum absolute atomic E-state index is 0.618. The van der Waals surface area contributed by atoms with Crippen LogP contribution >= 0.6 is 11.3 Å². The van der Waals surface area contributed by atoms with Gasteiger partial charge in [-0.05, 0) is 69.4 Å². The van der Waals surface area contributed by atoms with Crippen molar-refractivity contribution in [1.29, 1.82) is 0 Å². The summed E-state index contributed by atoms with van der Waals surface area (Å²) < 4.78 is 11.9. The highest BCUT2D eigenvalue weighted by Gasteiger charge is 2.22. The SMILES string of the molecule is c1ccc(-c2nc(-c3ccc4c(c3)sc3ccccc34)nc(-c3ccc4ccc5oc6c(-n7c8cc9ccccc9cc8c8ccc9ccccc9c87)cccc6c5c4c3)n2)cc1. The number of hydrogen-bond acceptors (Lipinski definition) is 5. The van der Waals surface area contributed by atoms with E-state index in [2.05, 4.69) is 180 Å². The van der Waals surface area contributed by atoms with E-state index in [-0.39, 0.29) is 0 Å². The van der Waals surface area contributed by atoms with Gasteiger partial charge in [0.15, 0.2) is 23.1 Å². The molecule has 0 amide bonds. The lowest BCUT2D eigenvalue weighted by Gasteiger charge is -2.11. The standard InChI is InChI=1S/C57H32N4OS/c1-2-12-35(13-3-1)55-58-56(60-57(59-55)39-24-26-42-41-17-8-9-20-50(41)63-51(42)32-39)38-22-21-34-25-28-49-52(45(34)30-38)44-18-10-19-47(54(44)62-49)61-48-31-37-15-5-4-14-36(37)29-46(48)43-27-23-33-11-6-7-16-40(33)53(43)61/h1-32H. The molecule has 0 saturated heterocycles. The van der Waals surface area contributed by atoms with Crippen molar-refractivity contribution in [2.75, 3.05) is 0 Å². The molecule has 63 heavy (non-hydrogen) atoms. The van der Waals surface area contributed by atoms with Crippen molar-refractivity contribution >= 4 is 108 Å². The molecule has 0 atom stereocenters. The zero-order valence-corrected chi connectivity index (χ0v) is 34.4. The number of furan rings is 1. The first-order valence-electron chi connectivity index (χ1n) is 21.2. The highest BCUT2D eigenvalue weighted by atomic mass is 32.1. The van der Waals surface area contributed by atoms with E-state index in [1.807, 2.05) is 18.2 Å². The van der Waals surface area contributed by atoms with Crippen LogP contribution in [0.4, 0.5) is 0 Å². The van der Waals surface area contributed by atoms with E-state index in [4.69, 9.17) is 19.4 Å². The Morgan fingerprint density at radius 2 is 1.00 bits per heavy atom. The number of aromatic nitrogens is 4. The highest BCUT2D eigenvalue weighted by Crippen LogP contribution is 2.44. The quantitative estimate of drug-likeness (QED) is 0.177. The maximum Gasteiger partial charge on any atom is 0.164 e. The second-order valence-electron chi connectivity index (χ2n) is 16.3. The lowest BCUT2D eigenvalue weighted by molar-refractivity contribution is 0.666. The molecule has 14 aromatic rings. The molecule has 6 heteroatoms. The fourth-order valence-electron chi connectivity index (χ4n) is 9.85. The smallest absolute Gasteiger partial charge is 0.164 e. The molecule has 14 rings (SSSR count). The molecule has 4 aromatic heterocycles. The summed E-state index contributed by atoms with van der Waals surface area (Å²) in [6.07, 6.45) is 0. The summed E-state index contributed by atoms with van der Waals surface area (Å²) in [6.45, 7) is 0. The summed E-state index contributed by atoms with van der Waals surface area (Å²) >= 11 is 1.80. The van der Waals surface area contributed by atoms with Crippen LogP contribution in [0.5, 0.6) is 0 Å². The summed E-state index contributed by atoms with van der Waals surface area (Å²) in [7, 11) is 0. The Hall–Kier alpha value is -8.19. The number of fused-ring (bicyclic) bond motifs is 14. The van der Waals surface area contributed by atoms with Crippen LogP contribution in [0.1, 0.15) is 0 Å². The van der Waals surface area contributed by atoms with Crippen LogP contribution in [-0.2, 0) is 0 Å². The Morgan fingerprint density at radius 3 is 1.86 bits per heavy atom. The van der Waals surface area contributed by atoms with Crippen molar-refractivity contribution in [3.63, 3.8) is 0 Å². The molecule has 292 valence electrons. The highest BCUT2D eigenvalue weighted by molar-refractivity contribution is 7.25. The van der Waals surface area contributed by atoms with Gasteiger partial charge >= 0.3 is 0 Å². The Kier molecular flexibility index (Phi) is 7.21. The van der Waals surface area contributed by atoms with Crippen LogP contribution in [0.25, 0.3) is 136 Å². The van der Waals surface area contributed by atoms with E-state index in [0.29, 0.717) is 17.5 Å². The van der Waals surface area contributed by atoms with E-state index in [1.165, 1.54) is 58.0 Å². The Morgan fingerprint density at radius 1 is 0.381 bits per heavy atom. The molecule has 0 fully saturated rings. The van der Waals surface area contributed by atoms with Crippen LogP contribution in [0.15, 0.2) is 199 Å². The summed E-state index contributed by atoms with van der Waals surface area (Å²) in [4.78, 5) is 15.4. The van der Waals surface area contributed by atoms with Crippen molar-refractivity contribution in [3.05, 3.63) is 194 Å². The number of rotatable bonds is 4. The van der Waals surface area contributed by atoms with Gasteiger partial charge in [0.1, 0.15) is 5.58 Å². The van der Waals surface area contributed by atoms with E-state index >= 15 is 0 Å². The van der Waals surface area contributed by atoms with Crippen LogP contribution in [0, 0.1) is 0 Å². The lowest BCUT2D eigenvalue weighted by atomic mass is 10.0. The monoisotopic (exact) mass is 820 g/mol. The summed E-state index contributed by atoms with van der Waals surface area (Å²) in [6, 6.07) is 69.1. The number of hydrogen-bond donors (Lipinski definition) is 0. The maximum absolute atomic E-state index is 7.01. The Labute approximate surface area is 363 Å². The first-order chi connectivity index (χ1) is 31.2. The number of thiophene rings is 1. The average molecular weight is 821 g/mol. The minimum Gasteiger partial charge on any atom is -0.454 e. The molecule has 0 unspecified atom stereocenters. The molecule has 0 radical (unpaired) electrons.